The van der Waals surface area contributed by atoms with E-state index in [1.54, 1.807) is 6.92 Å². The van der Waals surface area contributed by atoms with Gasteiger partial charge in [0.2, 0.25) is 12.2 Å². The predicted octanol–water partition coefficient (Wildman–Crippen LogP) is 3.09. The first-order valence-corrected chi connectivity index (χ1v) is 15.3. The summed E-state index contributed by atoms with van der Waals surface area (Å²) in [6, 6.07) is 5.30. The van der Waals surface area contributed by atoms with Gasteiger partial charge in [-0.2, -0.15) is 0 Å². The van der Waals surface area contributed by atoms with Gasteiger partial charge in [-0.15, -0.1) is 0 Å². The quantitative estimate of drug-likeness (QED) is 0.141. The number of hydrogen-bond donors (Lipinski definition) is 5. The van der Waals surface area contributed by atoms with E-state index in [0.29, 0.717) is 22.6 Å². The first-order valence-electron chi connectivity index (χ1n) is 14.5. The third kappa shape index (κ3) is 7.82. The lowest BCUT2D eigenvalue weighted by atomic mass is 9.83. The summed E-state index contributed by atoms with van der Waals surface area (Å²) in [6.07, 6.45) is -5.86. The van der Waals surface area contributed by atoms with Crippen LogP contribution in [0.1, 0.15) is 31.4 Å². The first-order chi connectivity index (χ1) is 22.4. The Labute approximate surface area is 278 Å². The highest BCUT2D eigenvalue weighted by molar-refractivity contribution is 6.35. The smallest absolute Gasteiger partial charge is 0.247 e. The molecule has 1 amide bonds. The molecule has 0 unspecified atom stereocenters. The molecule has 0 aromatic heterocycles. The van der Waals surface area contributed by atoms with Gasteiger partial charge in [0.1, 0.15) is 55.8 Å². The number of methoxy groups -OCH3 is 1. The Hall–Kier alpha value is -3.05. The fourth-order valence-corrected chi connectivity index (χ4v) is 5.92. The number of benzene rings is 2. The summed E-state index contributed by atoms with van der Waals surface area (Å²) in [6.45, 7) is 2.90. The van der Waals surface area contributed by atoms with Crippen molar-refractivity contribution in [1.82, 2.24) is 10.8 Å². The van der Waals surface area contributed by atoms with Crippen LogP contribution in [0.15, 0.2) is 47.4 Å². The van der Waals surface area contributed by atoms with Crippen LogP contribution in [-0.2, 0) is 35.2 Å². The van der Waals surface area contributed by atoms with Crippen LogP contribution in [0, 0.1) is 11.6 Å². The second-order valence-electron chi connectivity index (χ2n) is 11.2. The molecule has 47 heavy (non-hydrogen) atoms. The standard InChI is InChI=1S/C31H34Cl2F2N2O10/c1-13(31(41)36-24-25(38)27(40)30-29(26(24)39)43-12-44-30)6-15-4-5-21(20(35)7-15)46-23-10-22(42-3)28(47-23)14(2)37-45-11-16-8-19(34)18(33)9-17(16)32/h4-9,22-27,29-30,37-40H,10-12H2,1-3H3,(H,36,41)/t22-,23-,24+,25-,26+,27+,29-,30+/m0/s1. The zero-order valence-electron chi connectivity index (χ0n) is 25.4. The molecule has 0 spiro atoms. The second-order valence-corrected chi connectivity index (χ2v) is 12.0. The summed E-state index contributed by atoms with van der Waals surface area (Å²) in [5.41, 5.74) is 4.00. The Balaban J connectivity index is 1.18. The number of amides is 1. The molecule has 2 heterocycles. The van der Waals surface area contributed by atoms with Crippen molar-refractivity contribution in [2.75, 3.05) is 13.9 Å². The molecule has 3 aliphatic rings. The van der Waals surface area contributed by atoms with E-state index < -0.39 is 66.5 Å². The average Bonchev–Trinajstić information content (AvgIpc) is 3.70. The summed E-state index contributed by atoms with van der Waals surface area (Å²) in [5, 5.41) is 34.0. The van der Waals surface area contributed by atoms with Gasteiger partial charge in [-0.05, 0) is 49.8 Å². The summed E-state index contributed by atoms with van der Waals surface area (Å²) in [5.74, 6) is -1.76. The van der Waals surface area contributed by atoms with Crippen molar-refractivity contribution in [3.8, 4) is 5.75 Å². The number of ether oxygens (including phenoxy) is 5. The number of fused-ring (bicyclic) bond motifs is 1. The monoisotopic (exact) mass is 702 g/mol. The highest BCUT2D eigenvalue weighted by atomic mass is 35.5. The number of nitrogens with one attached hydrogen (secondary N) is 2. The van der Waals surface area contributed by atoms with Crippen LogP contribution in [0.2, 0.25) is 10.0 Å². The lowest BCUT2D eigenvalue weighted by Crippen LogP contribution is -2.67. The van der Waals surface area contributed by atoms with Gasteiger partial charge in [-0.25, -0.2) is 8.78 Å². The van der Waals surface area contributed by atoms with Gasteiger partial charge in [0, 0.05) is 23.3 Å². The fourth-order valence-electron chi connectivity index (χ4n) is 5.48. The number of hydrogen-bond acceptors (Lipinski definition) is 11. The number of aliphatic hydroxyl groups is 3. The molecular formula is C31H34Cl2F2N2O10. The number of halogens is 4. The van der Waals surface area contributed by atoms with Crippen molar-refractivity contribution in [2.45, 2.75) is 75.8 Å². The van der Waals surface area contributed by atoms with Crippen LogP contribution in [-0.4, -0.2) is 84.1 Å². The molecule has 8 atom stereocenters. The Morgan fingerprint density at radius 1 is 1.02 bits per heavy atom. The van der Waals surface area contributed by atoms with Gasteiger partial charge in [0.15, 0.2) is 17.3 Å². The Bertz CT molecular complexity index is 1550. The number of carbonyl (C=O) groups is 1. The van der Waals surface area contributed by atoms with Gasteiger partial charge in [-0.1, -0.05) is 29.3 Å². The summed E-state index contributed by atoms with van der Waals surface area (Å²) in [4.78, 5) is 18.3. The maximum absolute atomic E-state index is 15.1. The Morgan fingerprint density at radius 3 is 2.45 bits per heavy atom. The normalized spacial score (nSPS) is 30.0. The second kappa shape index (κ2) is 15.0. The van der Waals surface area contributed by atoms with Crippen molar-refractivity contribution in [2.24, 2.45) is 0 Å². The molecule has 3 fully saturated rings. The van der Waals surface area contributed by atoms with E-state index >= 15 is 4.39 Å². The maximum atomic E-state index is 15.1. The van der Waals surface area contributed by atoms with E-state index in [4.69, 9.17) is 51.7 Å². The zero-order valence-corrected chi connectivity index (χ0v) is 26.9. The molecule has 12 nitrogen and oxygen atoms in total. The minimum atomic E-state index is -1.50. The molecule has 2 aliphatic heterocycles. The van der Waals surface area contributed by atoms with Gasteiger partial charge in [-0.3, -0.25) is 15.1 Å². The van der Waals surface area contributed by atoms with Gasteiger partial charge >= 0.3 is 0 Å². The number of allylic oxidation sites excluding steroid dienone is 1. The van der Waals surface area contributed by atoms with Crippen molar-refractivity contribution >= 4 is 35.2 Å². The van der Waals surface area contributed by atoms with E-state index in [1.807, 2.05) is 0 Å². The van der Waals surface area contributed by atoms with E-state index in [9.17, 15) is 24.5 Å². The Morgan fingerprint density at radius 2 is 1.74 bits per heavy atom. The SMILES string of the molecule is CO[C@H]1C[C@@H](Oc2ccc(C=C(C)C(=O)N[C@@H]3[C@H](O)[C@@H](O)[C@H]4OCO[C@H]4[C@@H]3O)cc2F)OC1=C(C)NOCc1cc(F)c(Cl)cc1Cl. The lowest BCUT2D eigenvalue weighted by Gasteiger charge is -2.41. The molecule has 2 aromatic carbocycles. The number of rotatable bonds is 10. The van der Waals surface area contributed by atoms with Gasteiger partial charge < -0.3 is 44.3 Å². The fraction of sp³-hybridized carbons (Fsp3) is 0.452. The highest BCUT2D eigenvalue weighted by Crippen LogP contribution is 2.33. The Kier molecular flexibility index (Phi) is 11.3. The molecule has 2 saturated heterocycles. The van der Waals surface area contributed by atoms with Crippen LogP contribution in [0.4, 0.5) is 8.78 Å². The van der Waals surface area contributed by atoms with Crippen molar-refractivity contribution < 1.29 is 57.4 Å². The minimum absolute atomic E-state index is 0.0822. The lowest BCUT2D eigenvalue weighted by molar-refractivity contribution is -0.155. The molecular weight excluding hydrogens is 669 g/mol. The van der Waals surface area contributed by atoms with Gasteiger partial charge in [0.05, 0.1) is 23.2 Å². The molecule has 1 saturated carbocycles. The van der Waals surface area contributed by atoms with Crippen LogP contribution < -0.4 is 15.5 Å². The average molecular weight is 704 g/mol. The molecule has 5 rings (SSSR count). The molecule has 0 bridgehead atoms. The third-order valence-corrected chi connectivity index (χ3v) is 8.65. The predicted molar refractivity (Wildman–Crippen MR) is 163 cm³/mol. The minimum Gasteiger partial charge on any atom is -0.454 e. The van der Waals surface area contributed by atoms with Crippen LogP contribution in [0.3, 0.4) is 0 Å². The molecule has 5 N–H and O–H groups in total. The molecule has 16 heteroatoms. The van der Waals surface area contributed by atoms with Crippen LogP contribution >= 0.6 is 23.2 Å². The summed E-state index contributed by atoms with van der Waals surface area (Å²) in [7, 11) is 1.48. The van der Waals surface area contributed by atoms with Crippen molar-refractivity contribution in [1.29, 1.82) is 0 Å². The van der Waals surface area contributed by atoms with Gasteiger partial charge in [0.25, 0.3) is 0 Å². The molecule has 2 aromatic rings. The first kappa shape index (κ1) is 35.3. The molecule has 0 radical (unpaired) electrons. The van der Waals surface area contributed by atoms with Crippen LogP contribution in [0.5, 0.6) is 5.75 Å². The van der Waals surface area contributed by atoms with E-state index in [0.717, 1.165) is 0 Å². The van der Waals surface area contributed by atoms with Crippen molar-refractivity contribution in [3.63, 3.8) is 0 Å². The topological polar surface area (TPSA) is 157 Å². The zero-order chi connectivity index (χ0) is 34.0. The summed E-state index contributed by atoms with van der Waals surface area (Å²) < 4.78 is 56.5. The van der Waals surface area contributed by atoms with Crippen LogP contribution in [0.25, 0.3) is 6.08 Å². The van der Waals surface area contributed by atoms with Crippen molar-refractivity contribution in [3.05, 3.63) is 80.2 Å². The number of hydroxylamine groups is 1. The number of aliphatic hydroxyl groups excluding tert-OH is 3. The highest BCUT2D eigenvalue weighted by Gasteiger charge is 2.53. The van der Waals surface area contributed by atoms with E-state index in [-0.39, 0.29) is 41.2 Å². The maximum Gasteiger partial charge on any atom is 0.247 e. The molecule has 256 valence electrons. The number of carbonyl (C=O) groups excluding carboxylic acids is 1. The third-order valence-electron chi connectivity index (χ3n) is 8.01. The molecule has 1 aliphatic carbocycles. The van der Waals surface area contributed by atoms with E-state index in [2.05, 4.69) is 10.8 Å². The largest absolute Gasteiger partial charge is 0.454 e. The van der Waals surface area contributed by atoms with E-state index in [1.165, 1.54) is 50.4 Å². The summed E-state index contributed by atoms with van der Waals surface area (Å²) >= 11 is 11.8.